The van der Waals surface area contributed by atoms with Gasteiger partial charge < -0.3 is 19.3 Å². The van der Waals surface area contributed by atoms with Crippen molar-refractivity contribution in [2.45, 2.75) is 32.8 Å². The van der Waals surface area contributed by atoms with E-state index in [1.165, 1.54) is 11.3 Å². The number of likely N-dealkylation sites (tertiary alicyclic amines) is 1. The van der Waals surface area contributed by atoms with E-state index in [1.807, 2.05) is 47.9 Å². The van der Waals surface area contributed by atoms with Gasteiger partial charge in [0.1, 0.15) is 16.7 Å². The number of nitrogens with zero attached hydrogens (tertiary/aromatic N) is 3. The third-order valence-corrected chi connectivity index (χ3v) is 7.49. The van der Waals surface area contributed by atoms with E-state index < -0.39 is 0 Å². The normalized spacial score (nSPS) is 21.5. The SMILES string of the molecule is Cc1nc(C)c(C(=O)N2CC[C@H](Oc3cccc(Br)c3)[C@@H](CC(=O)N3CCOCC3)C2)s1. The molecule has 2 aliphatic rings. The molecule has 172 valence electrons. The second kappa shape index (κ2) is 10.3. The second-order valence-electron chi connectivity index (χ2n) is 8.26. The molecule has 7 nitrogen and oxygen atoms in total. The maximum absolute atomic E-state index is 13.2. The lowest BCUT2D eigenvalue weighted by Gasteiger charge is -2.39. The molecule has 1 aromatic carbocycles. The summed E-state index contributed by atoms with van der Waals surface area (Å²) in [7, 11) is 0. The Bertz CT molecular complexity index is 976. The summed E-state index contributed by atoms with van der Waals surface area (Å²) in [4.78, 5) is 35.0. The first-order valence-corrected chi connectivity index (χ1v) is 12.5. The van der Waals surface area contributed by atoms with Crippen LogP contribution in [0.25, 0.3) is 0 Å². The van der Waals surface area contributed by atoms with Gasteiger partial charge in [0.05, 0.1) is 23.9 Å². The molecular formula is C23H28BrN3O4S. The van der Waals surface area contributed by atoms with Gasteiger partial charge in [-0.05, 0) is 32.0 Å². The molecule has 2 aromatic rings. The Morgan fingerprint density at radius 2 is 2.00 bits per heavy atom. The first-order chi connectivity index (χ1) is 15.4. The molecule has 0 radical (unpaired) electrons. The van der Waals surface area contributed by atoms with Crippen molar-refractivity contribution in [1.29, 1.82) is 0 Å². The number of thiazole rings is 1. The number of benzene rings is 1. The Morgan fingerprint density at radius 3 is 2.69 bits per heavy atom. The molecule has 3 heterocycles. The molecule has 2 aliphatic heterocycles. The van der Waals surface area contributed by atoms with Crippen LogP contribution in [0.5, 0.6) is 5.75 Å². The zero-order valence-electron chi connectivity index (χ0n) is 18.4. The Labute approximate surface area is 200 Å². The summed E-state index contributed by atoms with van der Waals surface area (Å²) in [6, 6.07) is 7.74. The highest BCUT2D eigenvalue weighted by Crippen LogP contribution is 2.30. The lowest BCUT2D eigenvalue weighted by atomic mass is 9.90. The fourth-order valence-corrected chi connectivity index (χ4v) is 5.57. The summed E-state index contributed by atoms with van der Waals surface area (Å²) in [5, 5.41) is 0.887. The number of carbonyl (C=O) groups excluding carboxylic acids is 2. The molecule has 4 rings (SSSR count). The number of carbonyl (C=O) groups is 2. The lowest BCUT2D eigenvalue weighted by Crippen LogP contribution is -2.50. The van der Waals surface area contributed by atoms with Crippen LogP contribution in [-0.2, 0) is 9.53 Å². The number of hydrogen-bond donors (Lipinski definition) is 0. The topological polar surface area (TPSA) is 72.0 Å². The third-order valence-electron chi connectivity index (χ3n) is 5.93. The highest BCUT2D eigenvalue weighted by molar-refractivity contribution is 9.10. The fraction of sp³-hybridized carbons (Fsp3) is 0.522. The van der Waals surface area contributed by atoms with Crippen molar-refractivity contribution in [2.24, 2.45) is 5.92 Å². The Balaban J connectivity index is 1.50. The smallest absolute Gasteiger partial charge is 0.265 e. The number of rotatable bonds is 5. The quantitative estimate of drug-likeness (QED) is 0.599. The van der Waals surface area contributed by atoms with E-state index in [0.717, 1.165) is 20.9 Å². The van der Waals surface area contributed by atoms with E-state index in [9.17, 15) is 9.59 Å². The maximum atomic E-state index is 13.2. The molecule has 1 aromatic heterocycles. The van der Waals surface area contributed by atoms with E-state index in [2.05, 4.69) is 20.9 Å². The van der Waals surface area contributed by atoms with Crippen molar-refractivity contribution in [3.05, 3.63) is 44.3 Å². The van der Waals surface area contributed by atoms with Crippen LogP contribution in [-0.4, -0.2) is 72.1 Å². The molecule has 0 unspecified atom stereocenters. The van der Waals surface area contributed by atoms with E-state index in [-0.39, 0.29) is 23.8 Å². The first kappa shape index (κ1) is 23.2. The summed E-state index contributed by atoms with van der Waals surface area (Å²) in [6.07, 6.45) is 0.891. The fourth-order valence-electron chi connectivity index (χ4n) is 4.30. The standard InChI is InChI=1S/C23H28BrN3O4S/c1-15-22(32-16(2)25-15)23(29)27-7-6-20(31-19-5-3-4-18(24)13-19)17(14-27)12-21(28)26-8-10-30-11-9-26/h3-5,13,17,20H,6-12,14H2,1-2H3/t17-,20-/m0/s1. The van der Waals surface area contributed by atoms with E-state index in [0.29, 0.717) is 57.1 Å². The average Bonchev–Trinajstić information content (AvgIpc) is 3.13. The minimum atomic E-state index is -0.136. The molecular weight excluding hydrogens is 494 g/mol. The monoisotopic (exact) mass is 521 g/mol. The minimum Gasteiger partial charge on any atom is -0.490 e. The van der Waals surface area contributed by atoms with Crippen LogP contribution in [0.2, 0.25) is 0 Å². The Morgan fingerprint density at radius 1 is 1.22 bits per heavy atom. The molecule has 2 saturated heterocycles. The van der Waals surface area contributed by atoms with Crippen LogP contribution in [0.3, 0.4) is 0 Å². The van der Waals surface area contributed by atoms with Gasteiger partial charge in [-0.25, -0.2) is 4.98 Å². The molecule has 0 N–H and O–H groups in total. The largest absolute Gasteiger partial charge is 0.490 e. The van der Waals surface area contributed by atoms with Crippen LogP contribution >= 0.6 is 27.3 Å². The van der Waals surface area contributed by atoms with Crippen molar-refractivity contribution in [3.63, 3.8) is 0 Å². The van der Waals surface area contributed by atoms with Crippen molar-refractivity contribution < 1.29 is 19.1 Å². The van der Waals surface area contributed by atoms with E-state index in [4.69, 9.17) is 9.47 Å². The summed E-state index contributed by atoms with van der Waals surface area (Å²) < 4.78 is 12.7. The van der Waals surface area contributed by atoms with Crippen molar-refractivity contribution in [3.8, 4) is 5.75 Å². The van der Waals surface area contributed by atoms with Gasteiger partial charge in [0.2, 0.25) is 5.91 Å². The average molecular weight is 522 g/mol. The van der Waals surface area contributed by atoms with E-state index in [1.54, 1.807) is 0 Å². The molecule has 2 amide bonds. The number of halogens is 1. The number of aryl methyl sites for hydroxylation is 2. The maximum Gasteiger partial charge on any atom is 0.265 e. The van der Waals surface area contributed by atoms with Crippen molar-refractivity contribution in [2.75, 3.05) is 39.4 Å². The highest BCUT2D eigenvalue weighted by Gasteiger charge is 2.36. The second-order valence-corrected chi connectivity index (χ2v) is 10.4. The van der Waals surface area contributed by atoms with Gasteiger partial charge in [-0.3, -0.25) is 9.59 Å². The zero-order chi connectivity index (χ0) is 22.7. The van der Waals surface area contributed by atoms with Crippen LogP contribution in [0.15, 0.2) is 28.7 Å². The van der Waals surface area contributed by atoms with Crippen LogP contribution in [0, 0.1) is 19.8 Å². The van der Waals surface area contributed by atoms with Gasteiger partial charge in [-0.15, -0.1) is 11.3 Å². The summed E-state index contributed by atoms with van der Waals surface area (Å²) in [5.41, 5.74) is 0.769. The number of morpholine rings is 1. The van der Waals surface area contributed by atoms with Crippen molar-refractivity contribution >= 4 is 39.1 Å². The zero-order valence-corrected chi connectivity index (χ0v) is 20.8. The van der Waals surface area contributed by atoms with Gasteiger partial charge in [0.25, 0.3) is 5.91 Å². The van der Waals surface area contributed by atoms with Crippen molar-refractivity contribution in [1.82, 2.24) is 14.8 Å². The van der Waals surface area contributed by atoms with Gasteiger partial charge in [-0.2, -0.15) is 0 Å². The molecule has 2 fully saturated rings. The molecule has 0 saturated carbocycles. The van der Waals surface area contributed by atoms with Gasteiger partial charge in [0, 0.05) is 49.4 Å². The molecule has 0 spiro atoms. The van der Waals surface area contributed by atoms with Gasteiger partial charge in [0.15, 0.2) is 0 Å². The third kappa shape index (κ3) is 5.50. The van der Waals surface area contributed by atoms with E-state index >= 15 is 0 Å². The number of piperidine rings is 1. The predicted octanol–water partition coefficient (Wildman–Crippen LogP) is 3.68. The molecule has 2 atom stereocenters. The molecule has 0 aliphatic carbocycles. The molecule has 32 heavy (non-hydrogen) atoms. The minimum absolute atomic E-state index is 0.00201. The number of aromatic nitrogens is 1. The number of ether oxygens (including phenoxy) is 2. The molecule has 0 bridgehead atoms. The van der Waals surface area contributed by atoms with Crippen LogP contribution in [0.1, 0.15) is 33.2 Å². The number of amides is 2. The van der Waals surface area contributed by atoms with Crippen LogP contribution < -0.4 is 4.74 Å². The Kier molecular flexibility index (Phi) is 7.48. The summed E-state index contributed by atoms with van der Waals surface area (Å²) in [5.74, 6) is 0.774. The number of hydrogen-bond acceptors (Lipinski definition) is 6. The molecule has 9 heteroatoms. The van der Waals surface area contributed by atoms with Crippen LogP contribution in [0.4, 0.5) is 0 Å². The predicted molar refractivity (Wildman–Crippen MR) is 126 cm³/mol. The summed E-state index contributed by atoms with van der Waals surface area (Å²) >= 11 is 4.92. The first-order valence-electron chi connectivity index (χ1n) is 10.9. The Hall–Kier alpha value is -1.97. The van der Waals surface area contributed by atoms with Gasteiger partial charge >= 0.3 is 0 Å². The summed E-state index contributed by atoms with van der Waals surface area (Å²) in [6.45, 7) is 7.25. The van der Waals surface area contributed by atoms with Gasteiger partial charge in [-0.1, -0.05) is 22.0 Å². The highest BCUT2D eigenvalue weighted by atomic mass is 79.9. The lowest BCUT2D eigenvalue weighted by molar-refractivity contribution is -0.137.